The maximum atomic E-state index is 11.5. The van der Waals surface area contributed by atoms with E-state index < -0.39 is 35.6 Å². The van der Waals surface area contributed by atoms with E-state index in [9.17, 15) is 28.8 Å². The zero-order valence-electron chi connectivity index (χ0n) is 18.8. The van der Waals surface area contributed by atoms with Gasteiger partial charge in [-0.15, -0.1) is 5.06 Å². The first-order chi connectivity index (χ1) is 14.2. The molecule has 2 saturated heterocycles. The number of aliphatic carboxylic acids is 1. The molecule has 0 spiro atoms. The zero-order valence-corrected chi connectivity index (χ0v) is 18.8. The summed E-state index contributed by atoms with van der Waals surface area (Å²) in [5.74, 6) is -3.31. The minimum Gasteiger partial charge on any atom is -0.481 e. The molecule has 2 atom stereocenters. The van der Waals surface area contributed by atoms with Gasteiger partial charge in [-0.25, -0.2) is 4.79 Å². The van der Waals surface area contributed by atoms with Crippen LogP contribution < -0.4 is 0 Å². The SMILES string of the molecule is CC(C)C(C)C(=O)O.CC(C)C(C)C(=O)ON1C(=O)CCC1=O.O=C1CCC(=O)N1O. The number of nitrogens with zero attached hydrogens (tertiary/aromatic N) is 2. The van der Waals surface area contributed by atoms with Crippen LogP contribution in [-0.4, -0.2) is 56.0 Å². The van der Waals surface area contributed by atoms with E-state index in [0.717, 1.165) is 0 Å². The summed E-state index contributed by atoms with van der Waals surface area (Å²) in [4.78, 5) is 69.1. The number of carbonyl (C=O) groups excluding carboxylic acids is 5. The van der Waals surface area contributed by atoms with Crippen LogP contribution in [0.1, 0.15) is 67.2 Å². The van der Waals surface area contributed by atoms with Crippen molar-refractivity contribution in [3.05, 3.63) is 0 Å². The molecule has 31 heavy (non-hydrogen) atoms. The minimum atomic E-state index is -0.708. The summed E-state index contributed by atoms with van der Waals surface area (Å²) in [6, 6.07) is 0. The van der Waals surface area contributed by atoms with Crippen molar-refractivity contribution in [2.45, 2.75) is 67.2 Å². The summed E-state index contributed by atoms with van der Waals surface area (Å²) in [6.45, 7) is 11.0. The summed E-state index contributed by atoms with van der Waals surface area (Å²) < 4.78 is 0. The van der Waals surface area contributed by atoms with Crippen LogP contribution in [0.2, 0.25) is 0 Å². The smallest absolute Gasteiger partial charge is 0.336 e. The van der Waals surface area contributed by atoms with E-state index in [-0.39, 0.29) is 54.4 Å². The molecule has 2 unspecified atom stereocenters. The fourth-order valence-corrected chi connectivity index (χ4v) is 1.95. The highest BCUT2D eigenvalue weighted by Crippen LogP contribution is 2.17. The van der Waals surface area contributed by atoms with Crippen LogP contribution in [0.25, 0.3) is 0 Å². The van der Waals surface area contributed by atoms with Crippen LogP contribution in [0.5, 0.6) is 0 Å². The second-order valence-electron chi connectivity index (χ2n) is 8.00. The Labute approximate surface area is 181 Å². The van der Waals surface area contributed by atoms with Gasteiger partial charge in [0, 0.05) is 25.7 Å². The maximum Gasteiger partial charge on any atom is 0.336 e. The lowest BCUT2D eigenvalue weighted by Crippen LogP contribution is -2.35. The lowest BCUT2D eigenvalue weighted by Gasteiger charge is -2.18. The normalized spacial score (nSPS) is 17.8. The Morgan fingerprint density at radius 2 is 1.10 bits per heavy atom. The first-order valence-electron chi connectivity index (χ1n) is 10.1. The van der Waals surface area contributed by atoms with Crippen molar-refractivity contribution in [1.29, 1.82) is 0 Å². The van der Waals surface area contributed by atoms with Crippen LogP contribution >= 0.6 is 0 Å². The molecule has 0 aliphatic carbocycles. The molecule has 0 saturated carbocycles. The molecule has 2 aliphatic heterocycles. The molecule has 0 bridgehead atoms. The first kappa shape index (κ1) is 28.2. The predicted octanol–water partition coefficient (Wildman–Crippen LogP) is 1.77. The molecular weight excluding hydrogens is 412 g/mol. The Balaban J connectivity index is 0.000000477. The zero-order chi connectivity index (χ0) is 24.5. The molecule has 2 fully saturated rings. The fourth-order valence-electron chi connectivity index (χ4n) is 1.95. The van der Waals surface area contributed by atoms with E-state index in [2.05, 4.69) is 0 Å². The number of hydrogen-bond donors (Lipinski definition) is 2. The van der Waals surface area contributed by atoms with Gasteiger partial charge in [-0.2, -0.15) is 5.06 Å². The van der Waals surface area contributed by atoms with Crippen molar-refractivity contribution in [1.82, 2.24) is 10.1 Å². The van der Waals surface area contributed by atoms with Crippen LogP contribution in [0.3, 0.4) is 0 Å². The number of amides is 4. The van der Waals surface area contributed by atoms with Crippen molar-refractivity contribution in [3.63, 3.8) is 0 Å². The number of imide groups is 2. The van der Waals surface area contributed by atoms with Gasteiger partial charge >= 0.3 is 11.9 Å². The van der Waals surface area contributed by atoms with Crippen LogP contribution in [0.4, 0.5) is 0 Å². The predicted molar refractivity (Wildman–Crippen MR) is 106 cm³/mol. The number of hydroxylamine groups is 4. The second-order valence-corrected chi connectivity index (χ2v) is 8.00. The molecule has 0 aromatic carbocycles. The van der Waals surface area contributed by atoms with Gasteiger partial charge in [0.15, 0.2) is 0 Å². The average molecular weight is 444 g/mol. The standard InChI is InChI=1S/C10H15NO4.C6H12O2.C4H5NO3/c1-6(2)7(3)10(14)15-11-8(12)4-5-9(11)13;1-4(2)5(3)6(7)8;6-3-1-2-4(7)5(3)8/h6-7H,4-5H2,1-3H3;4-5H,1-3H3,(H,7,8);8H,1-2H2. The molecule has 176 valence electrons. The van der Waals surface area contributed by atoms with E-state index in [1.54, 1.807) is 13.8 Å². The summed E-state index contributed by atoms with van der Waals surface area (Å²) in [5, 5.41) is 17.5. The molecule has 2 heterocycles. The Hall–Kier alpha value is -2.82. The van der Waals surface area contributed by atoms with Gasteiger partial charge in [-0.05, 0) is 11.8 Å². The largest absolute Gasteiger partial charge is 0.481 e. The molecule has 2 N–H and O–H groups in total. The third kappa shape index (κ3) is 9.24. The highest BCUT2D eigenvalue weighted by atomic mass is 16.7. The van der Waals surface area contributed by atoms with E-state index in [1.807, 2.05) is 27.7 Å². The van der Waals surface area contributed by atoms with Crippen molar-refractivity contribution in [2.75, 3.05) is 0 Å². The lowest BCUT2D eigenvalue weighted by atomic mass is 9.99. The number of carboxylic acids is 1. The van der Waals surface area contributed by atoms with Gasteiger partial charge in [-0.3, -0.25) is 29.2 Å². The molecule has 11 heteroatoms. The van der Waals surface area contributed by atoms with Gasteiger partial charge in [0.1, 0.15) is 0 Å². The number of rotatable bonds is 5. The number of hydrogen-bond acceptors (Lipinski definition) is 8. The molecular formula is C20H32N2O9. The summed E-state index contributed by atoms with van der Waals surface area (Å²) in [7, 11) is 0. The topological polar surface area (TPSA) is 159 Å². The third-order valence-corrected chi connectivity index (χ3v) is 4.97. The van der Waals surface area contributed by atoms with Crippen LogP contribution in [0, 0.1) is 23.7 Å². The Morgan fingerprint density at radius 1 is 0.742 bits per heavy atom. The summed E-state index contributed by atoms with van der Waals surface area (Å²) >= 11 is 0. The van der Waals surface area contributed by atoms with E-state index in [1.165, 1.54) is 0 Å². The van der Waals surface area contributed by atoms with Gasteiger partial charge in [0.05, 0.1) is 11.8 Å². The Kier molecular flexibility index (Phi) is 11.6. The highest BCUT2D eigenvalue weighted by Gasteiger charge is 2.34. The van der Waals surface area contributed by atoms with Gasteiger partial charge in [0.2, 0.25) is 0 Å². The molecule has 4 amide bonds. The second kappa shape index (κ2) is 12.8. The summed E-state index contributed by atoms with van der Waals surface area (Å²) in [6.07, 6.45) is 0.551. The van der Waals surface area contributed by atoms with E-state index in [0.29, 0.717) is 5.06 Å². The van der Waals surface area contributed by atoms with Crippen LogP contribution in [-0.2, 0) is 33.6 Å². The van der Waals surface area contributed by atoms with Crippen LogP contribution in [0.15, 0.2) is 0 Å². The molecule has 0 aromatic heterocycles. The highest BCUT2D eigenvalue weighted by molar-refractivity contribution is 6.01. The average Bonchev–Trinajstić information content (AvgIpc) is 3.17. The first-order valence-corrected chi connectivity index (χ1v) is 10.1. The van der Waals surface area contributed by atoms with Gasteiger partial charge in [-0.1, -0.05) is 41.5 Å². The van der Waals surface area contributed by atoms with Gasteiger partial charge < -0.3 is 9.94 Å². The molecule has 2 rings (SSSR count). The van der Waals surface area contributed by atoms with Crippen molar-refractivity contribution in [3.8, 4) is 0 Å². The third-order valence-electron chi connectivity index (χ3n) is 4.97. The fraction of sp³-hybridized carbons (Fsp3) is 0.700. The van der Waals surface area contributed by atoms with E-state index in [4.69, 9.17) is 15.2 Å². The summed E-state index contributed by atoms with van der Waals surface area (Å²) in [5.41, 5.74) is 0. The van der Waals surface area contributed by atoms with Crippen molar-refractivity contribution in [2.24, 2.45) is 23.7 Å². The maximum absolute atomic E-state index is 11.5. The molecule has 2 aliphatic rings. The minimum absolute atomic E-state index is 0.116. The quantitative estimate of drug-likeness (QED) is 0.476. The lowest BCUT2D eigenvalue weighted by molar-refractivity contribution is -0.201. The molecule has 11 nitrogen and oxygen atoms in total. The molecule has 0 radical (unpaired) electrons. The van der Waals surface area contributed by atoms with Gasteiger partial charge in [0.25, 0.3) is 23.6 Å². The van der Waals surface area contributed by atoms with Crippen molar-refractivity contribution < 1.29 is 43.9 Å². The van der Waals surface area contributed by atoms with E-state index >= 15 is 0 Å². The number of carboxylic acid groups (broad SMARTS) is 1. The Bertz CT molecular complexity index is 671. The Morgan fingerprint density at radius 3 is 1.32 bits per heavy atom. The monoisotopic (exact) mass is 444 g/mol. The van der Waals surface area contributed by atoms with Crippen molar-refractivity contribution >= 4 is 35.6 Å². The number of carbonyl (C=O) groups is 6. The molecule has 0 aromatic rings.